The lowest BCUT2D eigenvalue weighted by atomic mass is 9.99. The smallest absolute Gasteiger partial charge is 0.418 e. The van der Waals surface area contributed by atoms with Gasteiger partial charge in [-0.25, -0.2) is 4.99 Å². The number of dihydropyridines is 1. The SMILES string of the molecule is C=C1C(=O)N=C(SCC(=O)O)C(C#N)=C1C(F)(F)F. The molecule has 19 heavy (non-hydrogen) atoms. The third-order valence-corrected chi connectivity index (χ3v) is 2.91. The van der Waals surface area contributed by atoms with Gasteiger partial charge in [0, 0.05) is 5.57 Å². The van der Waals surface area contributed by atoms with Gasteiger partial charge in [-0.05, 0) is 0 Å². The molecule has 1 N–H and O–H groups in total. The topological polar surface area (TPSA) is 90.5 Å². The lowest BCUT2D eigenvalue weighted by Gasteiger charge is -2.19. The van der Waals surface area contributed by atoms with Crippen LogP contribution in [0.1, 0.15) is 0 Å². The minimum Gasteiger partial charge on any atom is -0.481 e. The third kappa shape index (κ3) is 3.23. The monoisotopic (exact) mass is 290 g/mol. The van der Waals surface area contributed by atoms with Crippen molar-refractivity contribution in [3.63, 3.8) is 0 Å². The van der Waals surface area contributed by atoms with E-state index in [4.69, 9.17) is 10.4 Å². The zero-order valence-corrected chi connectivity index (χ0v) is 9.93. The molecule has 0 radical (unpaired) electrons. The molecule has 0 saturated heterocycles. The van der Waals surface area contributed by atoms with Crippen molar-refractivity contribution >= 4 is 28.7 Å². The molecule has 5 nitrogen and oxygen atoms in total. The summed E-state index contributed by atoms with van der Waals surface area (Å²) in [6.45, 7) is 2.96. The Labute approximate surface area is 109 Å². The fraction of sp³-hybridized carbons (Fsp3) is 0.200. The fourth-order valence-electron chi connectivity index (χ4n) is 1.23. The van der Waals surface area contributed by atoms with Gasteiger partial charge in [-0.1, -0.05) is 18.3 Å². The van der Waals surface area contributed by atoms with E-state index in [2.05, 4.69) is 11.6 Å². The predicted molar refractivity (Wildman–Crippen MR) is 60.4 cm³/mol. The average molecular weight is 290 g/mol. The van der Waals surface area contributed by atoms with Crippen LogP contribution in [-0.2, 0) is 9.59 Å². The van der Waals surface area contributed by atoms with E-state index in [0.717, 1.165) is 0 Å². The van der Waals surface area contributed by atoms with Crippen molar-refractivity contribution in [2.45, 2.75) is 6.18 Å². The van der Waals surface area contributed by atoms with Gasteiger partial charge in [0.1, 0.15) is 11.1 Å². The first-order valence-electron chi connectivity index (χ1n) is 4.57. The first-order valence-corrected chi connectivity index (χ1v) is 5.56. The number of aliphatic carboxylic acids is 1. The minimum atomic E-state index is -4.94. The Morgan fingerprint density at radius 1 is 1.53 bits per heavy atom. The van der Waals surface area contributed by atoms with Gasteiger partial charge < -0.3 is 5.11 Å². The number of alkyl halides is 3. The van der Waals surface area contributed by atoms with Crippen LogP contribution in [0.3, 0.4) is 0 Å². The van der Waals surface area contributed by atoms with Crippen LogP contribution in [0.2, 0.25) is 0 Å². The van der Waals surface area contributed by atoms with Crippen LogP contribution >= 0.6 is 11.8 Å². The van der Waals surface area contributed by atoms with Gasteiger partial charge >= 0.3 is 12.1 Å². The Kier molecular flexibility index (Phi) is 4.16. The summed E-state index contributed by atoms with van der Waals surface area (Å²) in [7, 11) is 0. The van der Waals surface area contributed by atoms with Gasteiger partial charge in [0.2, 0.25) is 0 Å². The number of carbonyl (C=O) groups is 2. The molecule has 1 aliphatic rings. The van der Waals surface area contributed by atoms with E-state index in [1.54, 1.807) is 0 Å². The molecule has 100 valence electrons. The minimum absolute atomic E-state index is 0.372. The summed E-state index contributed by atoms with van der Waals surface area (Å²) in [4.78, 5) is 24.9. The van der Waals surface area contributed by atoms with Crippen molar-refractivity contribution in [3.8, 4) is 6.07 Å². The molecule has 0 aromatic rings. The molecule has 0 unspecified atom stereocenters. The second-order valence-corrected chi connectivity index (χ2v) is 4.21. The highest BCUT2D eigenvalue weighted by Crippen LogP contribution is 2.37. The average Bonchev–Trinajstić information content (AvgIpc) is 2.27. The highest BCUT2D eigenvalue weighted by molar-refractivity contribution is 8.15. The van der Waals surface area contributed by atoms with E-state index in [0.29, 0.717) is 11.8 Å². The molecule has 0 atom stereocenters. The number of nitriles is 1. The van der Waals surface area contributed by atoms with Crippen molar-refractivity contribution in [3.05, 3.63) is 23.3 Å². The van der Waals surface area contributed by atoms with Crippen molar-refractivity contribution in [1.29, 1.82) is 5.26 Å². The highest BCUT2D eigenvalue weighted by atomic mass is 32.2. The van der Waals surface area contributed by atoms with Crippen molar-refractivity contribution in [2.24, 2.45) is 4.99 Å². The van der Waals surface area contributed by atoms with E-state index in [9.17, 15) is 22.8 Å². The number of aliphatic imine (C=N–C) groups is 1. The zero-order chi connectivity index (χ0) is 14.8. The molecule has 9 heteroatoms. The fourth-order valence-corrected chi connectivity index (χ4v) is 1.93. The number of carboxylic acids is 1. The summed E-state index contributed by atoms with van der Waals surface area (Å²) in [5.74, 6) is -3.16. The molecule has 0 aromatic carbocycles. The molecule has 1 heterocycles. The second-order valence-electron chi connectivity index (χ2n) is 3.24. The molecule has 1 rings (SSSR count). The highest BCUT2D eigenvalue weighted by Gasteiger charge is 2.43. The Bertz CT molecular complexity index is 570. The standard InChI is InChI=1S/C10H5F3N2O3S/c1-4-7(10(11,12)13)5(2-14)9(15-8(4)18)19-3-6(16)17/h1,3H2,(H,16,17). The molecule has 0 aromatic heterocycles. The second kappa shape index (κ2) is 5.27. The van der Waals surface area contributed by atoms with Crippen LogP contribution in [0, 0.1) is 11.3 Å². The van der Waals surface area contributed by atoms with Gasteiger partial charge in [0.05, 0.1) is 16.9 Å². The van der Waals surface area contributed by atoms with Gasteiger partial charge in [0.25, 0.3) is 5.91 Å². The normalized spacial score (nSPS) is 16.2. The van der Waals surface area contributed by atoms with Crippen molar-refractivity contribution in [1.82, 2.24) is 0 Å². The van der Waals surface area contributed by atoms with E-state index in [-0.39, 0.29) is 0 Å². The quantitative estimate of drug-likeness (QED) is 0.781. The van der Waals surface area contributed by atoms with E-state index < -0.39 is 45.6 Å². The largest absolute Gasteiger partial charge is 0.481 e. The number of hydrogen-bond acceptors (Lipinski definition) is 4. The Balaban J connectivity index is 3.32. The summed E-state index contributed by atoms with van der Waals surface area (Å²) in [6, 6.07) is 1.29. The lowest BCUT2D eigenvalue weighted by Crippen LogP contribution is -2.25. The van der Waals surface area contributed by atoms with Gasteiger partial charge in [0.15, 0.2) is 0 Å². The number of rotatable bonds is 2. The number of hydrogen-bond donors (Lipinski definition) is 1. The Morgan fingerprint density at radius 3 is 2.53 bits per heavy atom. The maximum atomic E-state index is 12.8. The zero-order valence-electron chi connectivity index (χ0n) is 9.11. The van der Waals surface area contributed by atoms with Crippen LogP contribution in [0.15, 0.2) is 28.3 Å². The van der Waals surface area contributed by atoms with Crippen molar-refractivity contribution < 1.29 is 27.9 Å². The van der Waals surface area contributed by atoms with Crippen LogP contribution in [0.25, 0.3) is 0 Å². The summed E-state index contributed by atoms with van der Waals surface area (Å²) in [6.07, 6.45) is -4.94. The Hall–Kier alpha value is -2.08. The predicted octanol–water partition coefficient (Wildman–Crippen LogP) is 1.68. The van der Waals surface area contributed by atoms with Crippen LogP contribution < -0.4 is 0 Å². The number of thioether (sulfide) groups is 1. The summed E-state index contributed by atoms with van der Waals surface area (Å²) in [5.41, 5.74) is -3.28. The van der Waals surface area contributed by atoms with E-state index in [1.807, 2.05) is 0 Å². The summed E-state index contributed by atoms with van der Waals surface area (Å²) in [5, 5.41) is 16.6. The number of carbonyl (C=O) groups excluding carboxylic acids is 1. The molecule has 0 aliphatic carbocycles. The first kappa shape index (κ1) is 15.0. The molecular formula is C10H5F3N2O3S. The molecular weight excluding hydrogens is 285 g/mol. The van der Waals surface area contributed by atoms with Crippen molar-refractivity contribution in [2.75, 3.05) is 5.75 Å². The Morgan fingerprint density at radius 2 is 2.11 bits per heavy atom. The molecule has 0 bridgehead atoms. The number of halogens is 3. The van der Waals surface area contributed by atoms with E-state index >= 15 is 0 Å². The molecule has 0 fully saturated rings. The van der Waals surface area contributed by atoms with Crippen LogP contribution in [-0.4, -0.2) is 34.0 Å². The van der Waals surface area contributed by atoms with Gasteiger partial charge in [-0.3, -0.25) is 9.59 Å². The maximum Gasteiger partial charge on any atom is 0.418 e. The summed E-state index contributed by atoms with van der Waals surface area (Å²) >= 11 is 0.372. The number of carboxylic acid groups (broad SMARTS) is 1. The molecule has 0 spiro atoms. The molecule has 1 aliphatic heterocycles. The summed E-state index contributed by atoms with van der Waals surface area (Å²) < 4.78 is 38.3. The third-order valence-electron chi connectivity index (χ3n) is 1.95. The van der Waals surface area contributed by atoms with Gasteiger partial charge in [-0.15, -0.1) is 0 Å². The lowest BCUT2D eigenvalue weighted by molar-refractivity contribution is -0.133. The maximum absolute atomic E-state index is 12.8. The van der Waals surface area contributed by atoms with Crippen LogP contribution in [0.5, 0.6) is 0 Å². The van der Waals surface area contributed by atoms with E-state index in [1.165, 1.54) is 6.07 Å². The molecule has 1 amide bonds. The molecule has 0 saturated carbocycles. The number of amides is 1. The first-order chi connectivity index (χ1) is 8.68. The van der Waals surface area contributed by atoms with Gasteiger partial charge in [-0.2, -0.15) is 18.4 Å². The number of nitrogens with zero attached hydrogens (tertiary/aromatic N) is 2. The van der Waals surface area contributed by atoms with Crippen LogP contribution in [0.4, 0.5) is 13.2 Å².